The van der Waals surface area contributed by atoms with Gasteiger partial charge in [-0.3, -0.25) is 14.6 Å². The Kier molecular flexibility index (Phi) is 8.20. The number of piperidine rings is 1. The number of piperazine rings is 1. The van der Waals surface area contributed by atoms with Crippen molar-refractivity contribution in [3.63, 3.8) is 0 Å². The van der Waals surface area contributed by atoms with Crippen LogP contribution in [-0.4, -0.2) is 97.8 Å². The Balaban J connectivity index is 1.20. The Morgan fingerprint density at radius 1 is 1.02 bits per heavy atom. The van der Waals surface area contributed by atoms with Crippen molar-refractivity contribution < 1.29 is 31.2 Å². The summed E-state index contributed by atoms with van der Waals surface area (Å²) >= 11 is 0. The molecule has 0 bridgehead atoms. The molecule has 2 saturated heterocycles. The molecule has 0 aromatic heterocycles. The molecule has 0 atom stereocenters. The van der Waals surface area contributed by atoms with Crippen molar-refractivity contribution in [3.05, 3.63) is 70.3 Å². The predicted octanol–water partition coefficient (Wildman–Crippen LogP) is 2.68. The number of carbonyl (C=O) groups is 2. The number of nitrogens with zero attached hydrogens (tertiary/aromatic N) is 4. The summed E-state index contributed by atoms with van der Waals surface area (Å²) in [6, 6.07) is 9.97. The van der Waals surface area contributed by atoms with Crippen LogP contribution in [0.2, 0.25) is 0 Å². The molecule has 3 aliphatic heterocycles. The van der Waals surface area contributed by atoms with E-state index in [2.05, 4.69) is 15.2 Å². The third-order valence-corrected chi connectivity index (χ3v) is 10.3. The van der Waals surface area contributed by atoms with Crippen molar-refractivity contribution >= 4 is 27.7 Å². The molecule has 9 nitrogen and oxygen atoms in total. The van der Waals surface area contributed by atoms with Crippen molar-refractivity contribution in [1.29, 1.82) is 0 Å². The summed E-state index contributed by atoms with van der Waals surface area (Å²) < 4.78 is 67.2. The fourth-order valence-corrected chi connectivity index (χ4v) is 7.11. The minimum atomic E-state index is -4.53. The Labute approximate surface area is 243 Å². The molecule has 3 aliphatic rings. The van der Waals surface area contributed by atoms with Gasteiger partial charge in [0.2, 0.25) is 10.0 Å². The molecule has 13 heteroatoms. The number of likely N-dealkylation sites (N-methyl/N-ethyl adjacent to an activating group) is 1. The van der Waals surface area contributed by atoms with Crippen LogP contribution in [0.5, 0.6) is 0 Å². The Morgan fingerprint density at radius 2 is 1.71 bits per heavy atom. The summed E-state index contributed by atoms with van der Waals surface area (Å²) in [6.07, 6.45) is -4.00. The first-order valence-electron chi connectivity index (χ1n) is 13.9. The number of carbonyl (C=O) groups excluding carboxylic acids is 2. The van der Waals surface area contributed by atoms with Crippen LogP contribution in [0.25, 0.3) is 0 Å². The Morgan fingerprint density at radius 3 is 2.36 bits per heavy atom. The van der Waals surface area contributed by atoms with Crippen LogP contribution in [0.3, 0.4) is 0 Å². The number of rotatable bonds is 6. The van der Waals surface area contributed by atoms with Crippen LogP contribution < -0.4 is 5.32 Å². The number of halogens is 3. The molecular weight excluding hydrogens is 571 g/mol. The summed E-state index contributed by atoms with van der Waals surface area (Å²) in [5, 5.41) is 2.60. The first-order chi connectivity index (χ1) is 19.8. The van der Waals surface area contributed by atoms with Crippen LogP contribution in [0, 0.1) is 6.92 Å². The number of amidine groups is 1. The molecule has 2 fully saturated rings. The van der Waals surface area contributed by atoms with E-state index in [1.165, 1.54) is 16.4 Å². The molecular formula is C29H34F3N5O4S. The lowest BCUT2D eigenvalue weighted by Crippen LogP contribution is -2.50. The maximum absolute atomic E-state index is 13.2. The SMILES string of the molecule is Cc1cc(C(=O)N2CCN(C)CC2)ccc1CCS(=O)(=O)N1CCC2(CC1)N=C(c1cccc(C(F)(F)F)c1)NC2=O. The molecule has 0 aliphatic carbocycles. The zero-order valence-corrected chi connectivity index (χ0v) is 24.4. The van der Waals surface area contributed by atoms with Gasteiger partial charge < -0.3 is 15.1 Å². The number of nitrogens with one attached hydrogen (secondary N) is 1. The number of sulfonamides is 1. The molecule has 0 saturated carbocycles. The predicted molar refractivity (Wildman–Crippen MR) is 152 cm³/mol. The van der Waals surface area contributed by atoms with Crippen molar-refractivity contribution in [2.75, 3.05) is 52.1 Å². The van der Waals surface area contributed by atoms with Crippen LogP contribution in [0.15, 0.2) is 47.5 Å². The summed E-state index contributed by atoms with van der Waals surface area (Å²) in [6.45, 7) is 5.01. The molecule has 2 aromatic rings. The van der Waals surface area contributed by atoms with E-state index in [0.29, 0.717) is 18.7 Å². The normalized spacial score (nSPS) is 20.1. The highest BCUT2D eigenvalue weighted by molar-refractivity contribution is 7.89. The Hall–Kier alpha value is -3.29. The van der Waals surface area contributed by atoms with Gasteiger partial charge >= 0.3 is 6.18 Å². The van der Waals surface area contributed by atoms with E-state index in [-0.39, 0.29) is 55.4 Å². The molecule has 5 rings (SSSR count). The minimum Gasteiger partial charge on any atom is -0.336 e. The topological polar surface area (TPSA) is 102 Å². The second-order valence-electron chi connectivity index (χ2n) is 11.2. The zero-order valence-electron chi connectivity index (χ0n) is 23.6. The van der Waals surface area contributed by atoms with Crippen LogP contribution in [-0.2, 0) is 27.4 Å². The molecule has 42 heavy (non-hydrogen) atoms. The number of amides is 2. The fraction of sp³-hybridized carbons (Fsp3) is 0.483. The maximum atomic E-state index is 13.2. The fourth-order valence-electron chi connectivity index (χ4n) is 5.64. The van der Waals surface area contributed by atoms with Gasteiger partial charge in [-0.1, -0.05) is 18.2 Å². The van der Waals surface area contributed by atoms with Gasteiger partial charge in [-0.25, -0.2) is 12.7 Å². The van der Waals surface area contributed by atoms with E-state index in [9.17, 15) is 31.2 Å². The van der Waals surface area contributed by atoms with E-state index in [4.69, 9.17) is 0 Å². The molecule has 3 heterocycles. The van der Waals surface area contributed by atoms with Crippen molar-refractivity contribution in [1.82, 2.24) is 19.4 Å². The van der Waals surface area contributed by atoms with Gasteiger partial charge in [0.1, 0.15) is 11.4 Å². The monoisotopic (exact) mass is 605 g/mol. The summed E-state index contributed by atoms with van der Waals surface area (Å²) in [5.41, 5.74) is 0.375. The molecule has 2 aromatic carbocycles. The van der Waals surface area contributed by atoms with E-state index in [1.54, 1.807) is 6.07 Å². The molecule has 0 radical (unpaired) electrons. The highest BCUT2D eigenvalue weighted by Crippen LogP contribution is 2.34. The van der Waals surface area contributed by atoms with Crippen molar-refractivity contribution in [3.8, 4) is 0 Å². The quantitative estimate of drug-likeness (QED) is 0.546. The van der Waals surface area contributed by atoms with Crippen molar-refractivity contribution in [2.45, 2.75) is 37.9 Å². The highest BCUT2D eigenvalue weighted by Gasteiger charge is 2.47. The first-order valence-corrected chi connectivity index (χ1v) is 15.5. The third kappa shape index (κ3) is 6.23. The molecule has 2 amide bonds. The lowest BCUT2D eigenvalue weighted by Gasteiger charge is -2.34. The van der Waals surface area contributed by atoms with E-state index < -0.39 is 33.2 Å². The lowest BCUT2D eigenvalue weighted by atomic mass is 9.89. The van der Waals surface area contributed by atoms with E-state index in [0.717, 1.165) is 36.3 Å². The smallest absolute Gasteiger partial charge is 0.336 e. The molecule has 0 unspecified atom stereocenters. The summed E-state index contributed by atoms with van der Waals surface area (Å²) in [4.78, 5) is 34.2. The average Bonchev–Trinajstić information content (AvgIpc) is 3.27. The summed E-state index contributed by atoms with van der Waals surface area (Å²) in [7, 11) is -1.63. The van der Waals surface area contributed by atoms with Crippen molar-refractivity contribution in [2.24, 2.45) is 4.99 Å². The molecule has 1 N–H and O–H groups in total. The number of aliphatic imine (C=N–C) groups is 1. The highest BCUT2D eigenvalue weighted by atomic mass is 32.2. The van der Waals surface area contributed by atoms with Gasteiger partial charge in [0, 0.05) is 50.4 Å². The third-order valence-electron chi connectivity index (χ3n) is 8.40. The molecule has 226 valence electrons. The largest absolute Gasteiger partial charge is 0.416 e. The van der Waals surface area contributed by atoms with Crippen LogP contribution in [0.1, 0.15) is 45.5 Å². The molecule has 1 spiro atoms. The number of benzene rings is 2. The van der Waals surface area contributed by atoms with Gasteiger partial charge in [-0.05, 0) is 68.6 Å². The van der Waals surface area contributed by atoms with E-state index in [1.807, 2.05) is 31.0 Å². The second-order valence-corrected chi connectivity index (χ2v) is 13.3. The number of alkyl halides is 3. The number of hydrogen-bond donors (Lipinski definition) is 1. The number of hydrogen-bond acceptors (Lipinski definition) is 6. The van der Waals surface area contributed by atoms with Gasteiger partial charge in [0.15, 0.2) is 0 Å². The van der Waals surface area contributed by atoms with Gasteiger partial charge in [-0.15, -0.1) is 0 Å². The van der Waals surface area contributed by atoms with E-state index >= 15 is 0 Å². The second kappa shape index (κ2) is 11.4. The first kappa shape index (κ1) is 30.2. The minimum absolute atomic E-state index is 0.0255. The lowest BCUT2D eigenvalue weighted by molar-refractivity contribution is -0.137. The maximum Gasteiger partial charge on any atom is 0.416 e. The van der Waals surface area contributed by atoms with Crippen LogP contribution in [0.4, 0.5) is 13.2 Å². The number of aryl methyl sites for hydroxylation is 2. The summed E-state index contributed by atoms with van der Waals surface area (Å²) in [5.74, 6) is -0.527. The average molecular weight is 606 g/mol. The Bertz CT molecular complexity index is 1510. The van der Waals surface area contributed by atoms with Gasteiger partial charge in [-0.2, -0.15) is 13.2 Å². The standard InChI is InChI=1S/C29H34F3N5O4S/c1-20-18-23(26(38)36-15-13-35(2)14-16-36)7-6-21(20)8-17-42(40,41)37-11-9-28(10-12-37)27(39)33-25(34-28)22-4-3-5-24(19-22)29(30,31)32/h3-7,18-19H,8-17H2,1-2H3,(H,33,34,39). The van der Waals surface area contributed by atoms with Gasteiger partial charge in [0.05, 0.1) is 11.3 Å². The van der Waals surface area contributed by atoms with Gasteiger partial charge in [0.25, 0.3) is 11.8 Å². The van der Waals surface area contributed by atoms with Crippen LogP contribution >= 0.6 is 0 Å². The zero-order chi connectivity index (χ0) is 30.3.